The maximum atomic E-state index is 13.6. The van der Waals surface area contributed by atoms with Crippen LogP contribution >= 0.6 is 11.6 Å². The summed E-state index contributed by atoms with van der Waals surface area (Å²) in [5.74, 6) is -5.43. The molecule has 0 radical (unpaired) electrons. The molecule has 0 fully saturated rings. The minimum Gasteiger partial charge on any atom is -0.322 e. The molecule has 0 aliphatic carbocycles. The Morgan fingerprint density at radius 2 is 1.76 bits per heavy atom. The average molecular weight is 314 g/mol. The number of rotatable bonds is 3. The minimum atomic E-state index is -1.68. The lowest BCUT2D eigenvalue weighted by Crippen LogP contribution is -2.16. The van der Waals surface area contributed by atoms with Crippen molar-refractivity contribution in [2.45, 2.75) is 12.3 Å². The molecule has 0 saturated heterocycles. The predicted molar refractivity (Wildman–Crippen MR) is 75.0 cm³/mol. The lowest BCUT2D eigenvalue weighted by Gasteiger charge is -2.13. The first-order chi connectivity index (χ1) is 9.91. The normalized spacial score (nSPS) is 12.0. The summed E-state index contributed by atoms with van der Waals surface area (Å²) in [4.78, 5) is 12.0. The van der Waals surface area contributed by atoms with Gasteiger partial charge in [0.05, 0.1) is 10.9 Å². The van der Waals surface area contributed by atoms with Crippen molar-refractivity contribution in [2.75, 3.05) is 5.32 Å². The van der Waals surface area contributed by atoms with Crippen molar-refractivity contribution >= 4 is 23.2 Å². The number of alkyl halides is 1. The second kappa shape index (κ2) is 6.18. The van der Waals surface area contributed by atoms with Gasteiger partial charge in [-0.2, -0.15) is 0 Å². The van der Waals surface area contributed by atoms with Crippen LogP contribution in [0.1, 0.15) is 28.2 Å². The van der Waals surface area contributed by atoms with Gasteiger partial charge in [0.25, 0.3) is 5.91 Å². The zero-order valence-corrected chi connectivity index (χ0v) is 11.7. The molecule has 21 heavy (non-hydrogen) atoms. The third-order valence-electron chi connectivity index (χ3n) is 2.92. The molecule has 0 bridgehead atoms. The average Bonchev–Trinajstić information content (AvgIpc) is 2.45. The van der Waals surface area contributed by atoms with Crippen molar-refractivity contribution in [3.8, 4) is 0 Å². The summed E-state index contributed by atoms with van der Waals surface area (Å²) in [6.07, 6.45) is 0. The van der Waals surface area contributed by atoms with E-state index in [-0.39, 0.29) is 5.38 Å². The SMILES string of the molecule is CC(Cl)c1ccccc1NC(=O)c1ccc(F)c(F)c1F. The van der Waals surface area contributed by atoms with E-state index in [9.17, 15) is 18.0 Å². The van der Waals surface area contributed by atoms with Crippen LogP contribution in [-0.4, -0.2) is 5.91 Å². The first-order valence-electron chi connectivity index (χ1n) is 6.09. The minimum absolute atomic E-state index is 0.378. The second-order valence-electron chi connectivity index (χ2n) is 4.38. The van der Waals surface area contributed by atoms with Crippen molar-refractivity contribution in [3.63, 3.8) is 0 Å². The van der Waals surface area contributed by atoms with E-state index >= 15 is 0 Å². The Morgan fingerprint density at radius 3 is 2.43 bits per heavy atom. The monoisotopic (exact) mass is 313 g/mol. The molecule has 0 aromatic heterocycles. The van der Waals surface area contributed by atoms with Gasteiger partial charge in [-0.3, -0.25) is 4.79 Å². The molecule has 0 spiro atoms. The molecule has 0 aliphatic rings. The summed E-state index contributed by atoms with van der Waals surface area (Å²) in [6, 6.07) is 8.28. The van der Waals surface area contributed by atoms with E-state index in [0.717, 1.165) is 6.07 Å². The molecular weight excluding hydrogens is 303 g/mol. The molecule has 6 heteroatoms. The Balaban J connectivity index is 2.33. The Labute approximate surface area is 124 Å². The quantitative estimate of drug-likeness (QED) is 0.648. The third-order valence-corrected chi connectivity index (χ3v) is 3.15. The maximum Gasteiger partial charge on any atom is 0.258 e. The summed E-state index contributed by atoms with van der Waals surface area (Å²) in [6.45, 7) is 1.71. The number of nitrogens with one attached hydrogen (secondary N) is 1. The smallest absolute Gasteiger partial charge is 0.258 e. The molecule has 110 valence electrons. The zero-order valence-electron chi connectivity index (χ0n) is 11.0. The van der Waals surface area contributed by atoms with Crippen LogP contribution < -0.4 is 5.32 Å². The Hall–Kier alpha value is -2.01. The molecule has 1 N–H and O–H groups in total. The number of carbonyl (C=O) groups is 1. The number of para-hydroxylation sites is 1. The standard InChI is InChI=1S/C15H11ClF3NO/c1-8(16)9-4-2-3-5-12(9)20-15(21)10-6-7-11(17)14(19)13(10)18/h2-8H,1H3,(H,20,21). The van der Waals surface area contributed by atoms with E-state index in [1.807, 2.05) is 0 Å². The molecule has 2 aromatic rings. The van der Waals surface area contributed by atoms with Gasteiger partial charge in [-0.25, -0.2) is 13.2 Å². The van der Waals surface area contributed by atoms with E-state index in [0.29, 0.717) is 17.3 Å². The van der Waals surface area contributed by atoms with Gasteiger partial charge in [-0.1, -0.05) is 18.2 Å². The first kappa shape index (κ1) is 15.4. The van der Waals surface area contributed by atoms with Crippen molar-refractivity contribution in [1.29, 1.82) is 0 Å². The van der Waals surface area contributed by atoms with Crippen LogP contribution in [0.5, 0.6) is 0 Å². The van der Waals surface area contributed by atoms with E-state index in [1.54, 1.807) is 31.2 Å². The predicted octanol–water partition coefficient (Wildman–Crippen LogP) is 4.66. The Morgan fingerprint density at radius 1 is 1.10 bits per heavy atom. The van der Waals surface area contributed by atoms with E-state index in [1.165, 1.54) is 0 Å². The van der Waals surface area contributed by atoms with Crippen LogP contribution in [0.25, 0.3) is 0 Å². The molecule has 1 unspecified atom stereocenters. The van der Waals surface area contributed by atoms with E-state index in [2.05, 4.69) is 5.32 Å². The van der Waals surface area contributed by atoms with Gasteiger partial charge in [0.2, 0.25) is 0 Å². The van der Waals surface area contributed by atoms with Crippen LogP contribution in [0.15, 0.2) is 36.4 Å². The highest BCUT2D eigenvalue weighted by atomic mass is 35.5. The van der Waals surface area contributed by atoms with Crippen molar-refractivity contribution in [2.24, 2.45) is 0 Å². The highest BCUT2D eigenvalue weighted by Crippen LogP contribution is 2.27. The van der Waals surface area contributed by atoms with Gasteiger partial charge >= 0.3 is 0 Å². The van der Waals surface area contributed by atoms with Gasteiger partial charge in [0.1, 0.15) is 0 Å². The molecule has 0 saturated carbocycles. The fourth-order valence-corrected chi connectivity index (χ4v) is 2.04. The summed E-state index contributed by atoms with van der Waals surface area (Å²) < 4.78 is 39.6. The molecule has 2 aromatic carbocycles. The van der Waals surface area contributed by atoms with Gasteiger partial charge in [-0.15, -0.1) is 11.6 Å². The summed E-state index contributed by atoms with van der Waals surface area (Å²) >= 11 is 5.98. The maximum absolute atomic E-state index is 13.6. The van der Waals surface area contributed by atoms with Gasteiger partial charge in [-0.05, 0) is 30.7 Å². The topological polar surface area (TPSA) is 29.1 Å². The first-order valence-corrected chi connectivity index (χ1v) is 6.53. The summed E-state index contributed by atoms with van der Waals surface area (Å²) in [7, 11) is 0. The molecule has 2 nitrogen and oxygen atoms in total. The van der Waals surface area contributed by atoms with E-state index in [4.69, 9.17) is 11.6 Å². The molecule has 1 atom stereocenters. The molecular formula is C15H11ClF3NO. The van der Waals surface area contributed by atoms with Crippen LogP contribution in [0.2, 0.25) is 0 Å². The van der Waals surface area contributed by atoms with Crippen LogP contribution in [0.4, 0.5) is 18.9 Å². The largest absolute Gasteiger partial charge is 0.322 e. The number of benzene rings is 2. The lowest BCUT2D eigenvalue weighted by atomic mass is 10.1. The number of carbonyl (C=O) groups excluding carboxylic acids is 1. The van der Waals surface area contributed by atoms with Crippen LogP contribution in [0, 0.1) is 17.5 Å². The second-order valence-corrected chi connectivity index (χ2v) is 5.03. The van der Waals surface area contributed by atoms with Gasteiger partial charge < -0.3 is 5.32 Å². The Kier molecular flexibility index (Phi) is 4.53. The van der Waals surface area contributed by atoms with Crippen molar-refractivity contribution < 1.29 is 18.0 Å². The fraction of sp³-hybridized carbons (Fsp3) is 0.133. The van der Waals surface area contributed by atoms with E-state index < -0.39 is 28.9 Å². The highest BCUT2D eigenvalue weighted by molar-refractivity contribution is 6.21. The number of amides is 1. The van der Waals surface area contributed by atoms with Crippen LogP contribution in [-0.2, 0) is 0 Å². The molecule has 0 aliphatic heterocycles. The van der Waals surface area contributed by atoms with Crippen molar-refractivity contribution in [1.82, 2.24) is 0 Å². The number of hydrogen-bond acceptors (Lipinski definition) is 1. The summed E-state index contributed by atoms with van der Waals surface area (Å²) in [5, 5.41) is 2.06. The van der Waals surface area contributed by atoms with Gasteiger partial charge in [0.15, 0.2) is 17.5 Å². The Bertz CT molecular complexity index is 689. The van der Waals surface area contributed by atoms with Gasteiger partial charge in [0, 0.05) is 5.69 Å². The number of anilines is 1. The molecule has 0 heterocycles. The van der Waals surface area contributed by atoms with Crippen molar-refractivity contribution in [3.05, 3.63) is 65.0 Å². The fourth-order valence-electron chi connectivity index (χ4n) is 1.85. The highest BCUT2D eigenvalue weighted by Gasteiger charge is 2.20. The lowest BCUT2D eigenvalue weighted by molar-refractivity contribution is 0.102. The van der Waals surface area contributed by atoms with Crippen LogP contribution in [0.3, 0.4) is 0 Å². The zero-order chi connectivity index (χ0) is 15.6. The third kappa shape index (κ3) is 3.19. The number of hydrogen-bond donors (Lipinski definition) is 1. The summed E-state index contributed by atoms with van der Waals surface area (Å²) in [5.41, 5.74) is 0.440. The molecule has 1 amide bonds. The molecule has 2 rings (SSSR count). The number of halogens is 4.